The Morgan fingerprint density at radius 2 is 1.65 bits per heavy atom. The summed E-state index contributed by atoms with van der Waals surface area (Å²) in [5.74, 6) is -0.632. The number of rotatable bonds is 6. The first-order valence-electron chi connectivity index (χ1n) is 7.37. The van der Waals surface area contributed by atoms with Crippen LogP contribution in [0, 0.1) is 0 Å². The van der Waals surface area contributed by atoms with E-state index in [1.54, 1.807) is 42.5 Å². The van der Waals surface area contributed by atoms with E-state index in [4.69, 9.17) is 0 Å². The molecule has 2 N–H and O–H groups in total. The Balaban J connectivity index is 1.95. The van der Waals surface area contributed by atoms with Crippen LogP contribution >= 0.6 is 0 Å². The minimum absolute atomic E-state index is 0.00277. The number of aliphatic hydroxyl groups is 1. The molecule has 0 aliphatic heterocycles. The SMILES string of the molecule is O=C(c1ccccc1S(=O)(=O)NC1CC1)C(O)c1ccccc1. The van der Waals surface area contributed by atoms with Gasteiger partial charge in [0, 0.05) is 11.6 Å². The minimum atomic E-state index is -3.77. The molecular weight excluding hydrogens is 314 g/mol. The zero-order valence-corrected chi connectivity index (χ0v) is 13.2. The molecule has 1 fully saturated rings. The highest BCUT2D eigenvalue weighted by molar-refractivity contribution is 7.89. The average Bonchev–Trinajstić information content (AvgIpc) is 3.37. The first-order chi connectivity index (χ1) is 11.0. The lowest BCUT2D eigenvalue weighted by Gasteiger charge is -2.14. The van der Waals surface area contributed by atoms with E-state index in [-0.39, 0.29) is 16.5 Å². The van der Waals surface area contributed by atoms with E-state index in [9.17, 15) is 18.3 Å². The van der Waals surface area contributed by atoms with E-state index in [2.05, 4.69) is 4.72 Å². The van der Waals surface area contributed by atoms with Crippen molar-refractivity contribution in [1.29, 1.82) is 0 Å². The highest BCUT2D eigenvalue weighted by Gasteiger charge is 2.31. The third-order valence-corrected chi connectivity index (χ3v) is 5.28. The molecule has 5 nitrogen and oxygen atoms in total. The summed E-state index contributed by atoms with van der Waals surface area (Å²) in [5, 5.41) is 10.3. The monoisotopic (exact) mass is 331 g/mol. The summed E-state index contributed by atoms with van der Waals surface area (Å²) < 4.78 is 27.4. The number of Topliss-reactive ketones (excluding diaryl/α,β-unsaturated/α-hetero) is 1. The van der Waals surface area contributed by atoms with Crippen molar-refractivity contribution in [2.45, 2.75) is 29.9 Å². The number of carbonyl (C=O) groups excluding carboxylic acids is 1. The topological polar surface area (TPSA) is 83.5 Å². The summed E-state index contributed by atoms with van der Waals surface area (Å²) in [4.78, 5) is 12.5. The zero-order valence-electron chi connectivity index (χ0n) is 12.3. The van der Waals surface area contributed by atoms with Crippen molar-refractivity contribution in [1.82, 2.24) is 4.72 Å². The molecule has 1 unspecified atom stereocenters. The molecule has 0 heterocycles. The quantitative estimate of drug-likeness (QED) is 0.794. The largest absolute Gasteiger partial charge is 0.380 e. The van der Waals surface area contributed by atoms with Gasteiger partial charge in [-0.15, -0.1) is 0 Å². The van der Waals surface area contributed by atoms with Gasteiger partial charge in [0.05, 0.1) is 4.90 Å². The fraction of sp³-hybridized carbons (Fsp3) is 0.235. The summed E-state index contributed by atoms with van der Waals surface area (Å²) in [5.41, 5.74) is 0.428. The van der Waals surface area contributed by atoms with E-state index in [0.717, 1.165) is 12.8 Å². The standard InChI is InChI=1S/C17H17NO4S/c19-16(12-6-2-1-3-7-12)17(20)14-8-4-5-9-15(14)23(21,22)18-13-10-11-13/h1-9,13,16,18-19H,10-11H2. The Bertz CT molecular complexity index is 813. The van der Waals surface area contributed by atoms with Crippen LogP contribution in [-0.4, -0.2) is 25.3 Å². The highest BCUT2D eigenvalue weighted by atomic mass is 32.2. The summed E-state index contributed by atoms with van der Waals surface area (Å²) in [6, 6.07) is 14.4. The molecule has 0 aromatic heterocycles. The van der Waals surface area contributed by atoms with Crippen LogP contribution in [0.15, 0.2) is 59.5 Å². The van der Waals surface area contributed by atoms with Gasteiger partial charge < -0.3 is 5.11 Å². The Morgan fingerprint density at radius 1 is 1.04 bits per heavy atom. The van der Waals surface area contributed by atoms with Crippen molar-refractivity contribution < 1.29 is 18.3 Å². The smallest absolute Gasteiger partial charge is 0.241 e. The maximum Gasteiger partial charge on any atom is 0.241 e. The van der Waals surface area contributed by atoms with Gasteiger partial charge in [0.25, 0.3) is 0 Å². The maximum atomic E-state index is 12.6. The molecule has 6 heteroatoms. The van der Waals surface area contributed by atoms with Gasteiger partial charge in [-0.2, -0.15) is 0 Å². The Kier molecular flexibility index (Phi) is 4.30. The van der Waals surface area contributed by atoms with E-state index in [1.807, 2.05) is 0 Å². The molecule has 0 spiro atoms. The molecule has 1 aliphatic rings. The predicted octanol–water partition coefficient (Wildman–Crippen LogP) is 2.04. The number of carbonyl (C=O) groups is 1. The Labute approximate surface area is 135 Å². The van der Waals surface area contributed by atoms with E-state index < -0.39 is 21.9 Å². The van der Waals surface area contributed by atoms with Gasteiger partial charge in [-0.25, -0.2) is 13.1 Å². The minimum Gasteiger partial charge on any atom is -0.380 e. The lowest BCUT2D eigenvalue weighted by atomic mass is 10.00. The summed E-state index contributed by atoms with van der Waals surface area (Å²) in [7, 11) is -3.77. The molecule has 1 atom stereocenters. The van der Waals surface area contributed by atoms with Crippen molar-refractivity contribution in [3.8, 4) is 0 Å². The predicted molar refractivity (Wildman–Crippen MR) is 85.5 cm³/mol. The number of nitrogens with one attached hydrogen (secondary N) is 1. The molecular formula is C17H17NO4S. The molecule has 23 heavy (non-hydrogen) atoms. The van der Waals surface area contributed by atoms with Crippen LogP contribution in [0.5, 0.6) is 0 Å². The van der Waals surface area contributed by atoms with Crippen molar-refractivity contribution >= 4 is 15.8 Å². The first-order valence-corrected chi connectivity index (χ1v) is 8.86. The van der Waals surface area contributed by atoms with E-state index >= 15 is 0 Å². The van der Waals surface area contributed by atoms with Gasteiger partial charge >= 0.3 is 0 Å². The van der Waals surface area contributed by atoms with Crippen LogP contribution in [-0.2, 0) is 10.0 Å². The van der Waals surface area contributed by atoms with Gasteiger partial charge in [0.15, 0.2) is 5.78 Å². The number of benzene rings is 2. The van der Waals surface area contributed by atoms with Crippen LogP contribution < -0.4 is 4.72 Å². The molecule has 0 amide bonds. The summed E-state index contributed by atoms with van der Waals surface area (Å²) >= 11 is 0. The molecule has 0 saturated heterocycles. The third-order valence-electron chi connectivity index (χ3n) is 3.70. The van der Waals surface area contributed by atoms with Crippen LogP contribution in [0.4, 0.5) is 0 Å². The van der Waals surface area contributed by atoms with Gasteiger partial charge in [0.2, 0.25) is 10.0 Å². The fourth-order valence-corrected chi connectivity index (χ4v) is 3.84. The first kappa shape index (κ1) is 15.9. The lowest BCUT2D eigenvalue weighted by molar-refractivity contribution is 0.0744. The van der Waals surface area contributed by atoms with Gasteiger partial charge in [-0.3, -0.25) is 4.79 Å². The highest BCUT2D eigenvalue weighted by Crippen LogP contribution is 2.26. The summed E-state index contributed by atoms with van der Waals surface area (Å²) in [6.07, 6.45) is 0.220. The Hall–Kier alpha value is -2.02. The van der Waals surface area contributed by atoms with Crippen LogP contribution in [0.3, 0.4) is 0 Å². The molecule has 2 aromatic rings. The van der Waals surface area contributed by atoms with Crippen molar-refractivity contribution in [2.24, 2.45) is 0 Å². The molecule has 3 rings (SSSR count). The van der Waals surface area contributed by atoms with Crippen molar-refractivity contribution in [3.63, 3.8) is 0 Å². The van der Waals surface area contributed by atoms with Crippen LogP contribution in [0.2, 0.25) is 0 Å². The molecule has 2 aromatic carbocycles. The maximum absolute atomic E-state index is 12.6. The molecule has 1 saturated carbocycles. The molecule has 0 bridgehead atoms. The van der Waals surface area contributed by atoms with Gasteiger partial charge in [-0.1, -0.05) is 42.5 Å². The normalized spacial score (nSPS) is 16.0. The van der Waals surface area contributed by atoms with Crippen molar-refractivity contribution in [3.05, 3.63) is 65.7 Å². The number of aliphatic hydroxyl groups excluding tert-OH is 1. The number of sulfonamides is 1. The fourth-order valence-electron chi connectivity index (χ4n) is 2.32. The number of hydrogen-bond acceptors (Lipinski definition) is 4. The van der Waals surface area contributed by atoms with Gasteiger partial charge in [-0.05, 0) is 30.5 Å². The third kappa shape index (κ3) is 3.50. The van der Waals surface area contributed by atoms with E-state index in [1.165, 1.54) is 12.1 Å². The Morgan fingerprint density at radius 3 is 2.30 bits per heavy atom. The van der Waals surface area contributed by atoms with E-state index in [0.29, 0.717) is 5.56 Å². The second-order valence-corrected chi connectivity index (χ2v) is 7.25. The van der Waals surface area contributed by atoms with Crippen LogP contribution in [0.25, 0.3) is 0 Å². The number of ketones is 1. The molecule has 0 radical (unpaired) electrons. The van der Waals surface area contributed by atoms with Crippen molar-refractivity contribution in [2.75, 3.05) is 0 Å². The second kappa shape index (κ2) is 6.23. The lowest BCUT2D eigenvalue weighted by Crippen LogP contribution is -2.28. The number of hydrogen-bond donors (Lipinski definition) is 2. The summed E-state index contributed by atoms with van der Waals surface area (Å²) in [6.45, 7) is 0. The van der Waals surface area contributed by atoms with Crippen LogP contribution in [0.1, 0.15) is 34.9 Å². The molecule has 120 valence electrons. The van der Waals surface area contributed by atoms with Gasteiger partial charge in [0.1, 0.15) is 6.10 Å². The zero-order chi connectivity index (χ0) is 16.4. The second-order valence-electron chi connectivity index (χ2n) is 5.57. The molecule has 1 aliphatic carbocycles. The average molecular weight is 331 g/mol.